The summed E-state index contributed by atoms with van der Waals surface area (Å²) < 4.78 is 0. The first-order valence-corrected chi connectivity index (χ1v) is 5.93. The topological polar surface area (TPSA) is 40.5 Å². The van der Waals surface area contributed by atoms with E-state index in [1.165, 1.54) is 17.8 Å². The van der Waals surface area contributed by atoms with E-state index in [0.29, 0.717) is 10.3 Å². The third-order valence-corrected chi connectivity index (χ3v) is 3.74. The van der Waals surface area contributed by atoms with Crippen LogP contribution in [0.2, 0.25) is 0 Å². The van der Waals surface area contributed by atoms with Gasteiger partial charge in [0.2, 0.25) is 0 Å². The quantitative estimate of drug-likeness (QED) is 0.841. The van der Waals surface area contributed by atoms with E-state index in [1.807, 2.05) is 5.38 Å². The van der Waals surface area contributed by atoms with Crippen LogP contribution in [0, 0.1) is 5.41 Å². The first-order valence-electron chi connectivity index (χ1n) is 5.05. The number of rotatable bonds is 2. The molecule has 0 saturated carbocycles. The number of anilines is 1. The Hall–Kier alpha value is -1.03. The molecule has 0 radical (unpaired) electrons. The van der Waals surface area contributed by atoms with Gasteiger partial charge in [-0.3, -0.25) is 0 Å². The van der Waals surface area contributed by atoms with Gasteiger partial charge in [-0.1, -0.05) is 13.8 Å². The summed E-state index contributed by atoms with van der Waals surface area (Å²) in [6.07, 6.45) is 1.17. The van der Waals surface area contributed by atoms with Crippen molar-refractivity contribution >= 4 is 23.0 Å². The van der Waals surface area contributed by atoms with Gasteiger partial charge in [-0.05, 0) is 17.9 Å². The maximum Gasteiger partial charge on any atom is 0.345 e. The number of carbonyl (C=O) groups is 1. The molecular formula is C11H15NO2S. The molecule has 1 aliphatic heterocycles. The van der Waals surface area contributed by atoms with E-state index in [4.69, 9.17) is 5.11 Å². The average molecular weight is 225 g/mol. The fraction of sp³-hybridized carbons (Fsp3) is 0.545. The van der Waals surface area contributed by atoms with Crippen molar-refractivity contribution in [3.8, 4) is 0 Å². The highest BCUT2D eigenvalue weighted by Gasteiger charge is 2.29. The van der Waals surface area contributed by atoms with Crippen molar-refractivity contribution in [1.29, 1.82) is 0 Å². The molecule has 1 fully saturated rings. The Morgan fingerprint density at radius 1 is 1.60 bits per heavy atom. The van der Waals surface area contributed by atoms with Crippen molar-refractivity contribution in [2.24, 2.45) is 5.41 Å². The van der Waals surface area contributed by atoms with Crippen LogP contribution in [0.4, 0.5) is 5.69 Å². The molecule has 0 amide bonds. The van der Waals surface area contributed by atoms with Crippen LogP contribution in [-0.2, 0) is 0 Å². The number of hydrogen-bond donors (Lipinski definition) is 1. The van der Waals surface area contributed by atoms with Gasteiger partial charge >= 0.3 is 5.97 Å². The van der Waals surface area contributed by atoms with Crippen molar-refractivity contribution in [2.45, 2.75) is 20.3 Å². The lowest BCUT2D eigenvalue weighted by molar-refractivity contribution is 0.0702. The lowest BCUT2D eigenvalue weighted by atomic mass is 9.93. The second kappa shape index (κ2) is 3.52. The predicted octanol–water partition coefficient (Wildman–Crippen LogP) is 2.68. The minimum Gasteiger partial charge on any atom is -0.477 e. The van der Waals surface area contributed by atoms with Crippen LogP contribution >= 0.6 is 11.3 Å². The van der Waals surface area contributed by atoms with Crippen LogP contribution in [0.5, 0.6) is 0 Å². The summed E-state index contributed by atoms with van der Waals surface area (Å²) in [5.41, 5.74) is 1.41. The van der Waals surface area contributed by atoms with E-state index in [9.17, 15) is 4.79 Å². The summed E-state index contributed by atoms with van der Waals surface area (Å²) in [6, 6.07) is 1.77. The van der Waals surface area contributed by atoms with Crippen molar-refractivity contribution < 1.29 is 9.90 Å². The van der Waals surface area contributed by atoms with Crippen LogP contribution < -0.4 is 4.90 Å². The Kier molecular flexibility index (Phi) is 2.46. The number of carboxylic acid groups (broad SMARTS) is 1. The van der Waals surface area contributed by atoms with Crippen molar-refractivity contribution in [3.63, 3.8) is 0 Å². The molecule has 1 saturated heterocycles. The summed E-state index contributed by atoms with van der Waals surface area (Å²) >= 11 is 1.30. The van der Waals surface area contributed by atoms with Gasteiger partial charge in [-0.2, -0.15) is 0 Å². The predicted molar refractivity (Wildman–Crippen MR) is 61.9 cm³/mol. The molecule has 1 aliphatic rings. The molecule has 2 heterocycles. The molecule has 1 aromatic heterocycles. The highest BCUT2D eigenvalue weighted by atomic mass is 32.1. The van der Waals surface area contributed by atoms with Crippen LogP contribution in [0.25, 0.3) is 0 Å². The number of thiophene rings is 1. The standard InChI is InChI=1S/C11H15NO2S/c1-11(2)3-4-12(7-11)8-5-9(10(13)14)15-6-8/h5-6H,3-4,7H2,1-2H3,(H,13,14). The normalized spacial score (nSPS) is 19.5. The van der Waals surface area contributed by atoms with Gasteiger partial charge in [-0.15, -0.1) is 11.3 Å². The summed E-state index contributed by atoms with van der Waals surface area (Å²) in [6.45, 7) is 6.54. The Morgan fingerprint density at radius 2 is 2.33 bits per heavy atom. The Morgan fingerprint density at radius 3 is 2.80 bits per heavy atom. The van der Waals surface area contributed by atoms with E-state index in [-0.39, 0.29) is 0 Å². The molecule has 15 heavy (non-hydrogen) atoms. The fourth-order valence-electron chi connectivity index (χ4n) is 1.94. The maximum atomic E-state index is 10.7. The minimum absolute atomic E-state index is 0.353. The van der Waals surface area contributed by atoms with E-state index in [0.717, 1.165) is 18.8 Å². The summed E-state index contributed by atoms with van der Waals surface area (Å²) in [5.74, 6) is -0.829. The van der Waals surface area contributed by atoms with Gasteiger partial charge < -0.3 is 10.0 Å². The molecule has 0 atom stereocenters. The van der Waals surface area contributed by atoms with Crippen molar-refractivity contribution in [2.75, 3.05) is 18.0 Å². The number of nitrogens with zero attached hydrogens (tertiary/aromatic N) is 1. The SMILES string of the molecule is CC1(C)CCN(c2csc(C(=O)O)c2)C1. The smallest absolute Gasteiger partial charge is 0.345 e. The van der Waals surface area contributed by atoms with E-state index in [2.05, 4.69) is 18.7 Å². The summed E-state index contributed by atoms with van der Waals surface area (Å²) in [4.78, 5) is 13.4. The third kappa shape index (κ3) is 2.15. The molecule has 0 aliphatic carbocycles. The molecule has 4 heteroatoms. The van der Waals surface area contributed by atoms with Gasteiger partial charge in [0.25, 0.3) is 0 Å². The summed E-state index contributed by atoms with van der Waals surface area (Å²) in [5, 5.41) is 10.8. The molecule has 3 nitrogen and oxygen atoms in total. The van der Waals surface area contributed by atoms with Gasteiger partial charge in [0.1, 0.15) is 4.88 Å². The second-order valence-electron chi connectivity index (χ2n) is 4.81. The minimum atomic E-state index is -0.829. The first-order chi connectivity index (χ1) is 6.98. The van der Waals surface area contributed by atoms with Crippen LogP contribution in [-0.4, -0.2) is 24.2 Å². The maximum absolute atomic E-state index is 10.7. The van der Waals surface area contributed by atoms with Crippen LogP contribution in [0.1, 0.15) is 29.9 Å². The Labute approximate surface area is 93.3 Å². The van der Waals surface area contributed by atoms with Crippen LogP contribution in [0.15, 0.2) is 11.4 Å². The van der Waals surface area contributed by atoms with E-state index < -0.39 is 5.97 Å². The lowest BCUT2D eigenvalue weighted by Gasteiger charge is -2.20. The van der Waals surface area contributed by atoms with Gasteiger partial charge in [-0.25, -0.2) is 4.79 Å². The van der Waals surface area contributed by atoms with E-state index >= 15 is 0 Å². The monoisotopic (exact) mass is 225 g/mol. The molecule has 2 rings (SSSR count). The molecule has 1 aromatic rings. The van der Waals surface area contributed by atoms with Gasteiger partial charge in [0.05, 0.1) is 0 Å². The largest absolute Gasteiger partial charge is 0.477 e. The van der Waals surface area contributed by atoms with Crippen molar-refractivity contribution in [1.82, 2.24) is 0 Å². The lowest BCUT2D eigenvalue weighted by Crippen LogP contribution is -2.22. The molecule has 82 valence electrons. The molecule has 1 N–H and O–H groups in total. The molecule has 0 aromatic carbocycles. The van der Waals surface area contributed by atoms with Crippen molar-refractivity contribution in [3.05, 3.63) is 16.3 Å². The van der Waals surface area contributed by atoms with E-state index in [1.54, 1.807) is 6.07 Å². The number of carboxylic acids is 1. The Balaban J connectivity index is 2.14. The fourth-order valence-corrected chi connectivity index (χ4v) is 2.69. The average Bonchev–Trinajstić information content (AvgIpc) is 2.70. The van der Waals surface area contributed by atoms with Gasteiger partial charge in [0.15, 0.2) is 0 Å². The second-order valence-corrected chi connectivity index (χ2v) is 5.72. The molecule has 0 unspecified atom stereocenters. The Bertz CT molecular complexity index is 384. The molecule has 0 bridgehead atoms. The molecular weight excluding hydrogens is 210 g/mol. The zero-order valence-electron chi connectivity index (χ0n) is 8.99. The highest BCUT2D eigenvalue weighted by Crippen LogP contribution is 2.34. The summed E-state index contributed by atoms with van der Waals surface area (Å²) in [7, 11) is 0. The zero-order chi connectivity index (χ0) is 11.1. The first kappa shape index (κ1) is 10.5. The van der Waals surface area contributed by atoms with Crippen LogP contribution in [0.3, 0.4) is 0 Å². The third-order valence-electron chi connectivity index (χ3n) is 2.84. The zero-order valence-corrected chi connectivity index (χ0v) is 9.80. The number of aromatic carboxylic acids is 1. The molecule has 0 spiro atoms. The highest BCUT2D eigenvalue weighted by molar-refractivity contribution is 7.12. The number of hydrogen-bond acceptors (Lipinski definition) is 3. The van der Waals surface area contributed by atoms with Gasteiger partial charge in [0, 0.05) is 24.2 Å².